The van der Waals surface area contributed by atoms with E-state index < -0.39 is 0 Å². The first-order valence-electron chi connectivity index (χ1n) is 6.95. The van der Waals surface area contributed by atoms with Crippen LogP contribution in [-0.4, -0.2) is 59.8 Å². The quantitative estimate of drug-likeness (QED) is 0.831. The molecule has 0 aromatic carbocycles. The number of rotatable bonds is 5. The van der Waals surface area contributed by atoms with Crippen molar-refractivity contribution >= 4 is 11.6 Å². The third-order valence-electron chi connectivity index (χ3n) is 3.32. The smallest absolute Gasteiger partial charge is 0.258 e. The molecule has 6 nitrogen and oxygen atoms in total. The third-order valence-corrected chi connectivity index (χ3v) is 3.32. The zero-order chi connectivity index (χ0) is 14.4. The summed E-state index contributed by atoms with van der Waals surface area (Å²) in [6.07, 6.45) is 4.22. The molecule has 1 atom stereocenters. The molecule has 2 heterocycles. The highest BCUT2D eigenvalue weighted by Crippen LogP contribution is 2.19. The van der Waals surface area contributed by atoms with Crippen LogP contribution in [0.1, 0.15) is 23.7 Å². The lowest BCUT2D eigenvalue weighted by Crippen LogP contribution is -2.50. The van der Waals surface area contributed by atoms with Crippen LogP contribution >= 0.6 is 0 Å². The first-order chi connectivity index (χ1) is 9.77. The summed E-state index contributed by atoms with van der Waals surface area (Å²) in [5.74, 6) is -0.112. The molecule has 1 amide bonds. The first-order valence-corrected chi connectivity index (χ1v) is 6.95. The summed E-state index contributed by atoms with van der Waals surface area (Å²) in [5.41, 5.74) is 1.33. The molecule has 1 aromatic heterocycles. The fourth-order valence-electron chi connectivity index (χ4n) is 2.21. The van der Waals surface area contributed by atoms with Crippen LogP contribution in [0.2, 0.25) is 0 Å². The Bertz CT molecular complexity index is 453. The molecule has 1 aliphatic rings. The van der Waals surface area contributed by atoms with E-state index in [1.165, 1.54) is 0 Å². The maximum Gasteiger partial charge on any atom is 0.258 e. The largest absolute Gasteiger partial charge is 0.394 e. The second kappa shape index (κ2) is 7.21. The van der Waals surface area contributed by atoms with Gasteiger partial charge in [0.05, 0.1) is 37.1 Å². The summed E-state index contributed by atoms with van der Waals surface area (Å²) in [6.45, 7) is 4.15. The summed E-state index contributed by atoms with van der Waals surface area (Å²) >= 11 is 0. The molecule has 0 saturated carbocycles. The van der Waals surface area contributed by atoms with Gasteiger partial charge in [-0.3, -0.25) is 9.78 Å². The molecule has 2 N–H and O–H groups in total. The number of morpholine rings is 1. The number of anilines is 1. The molecule has 1 unspecified atom stereocenters. The van der Waals surface area contributed by atoms with Crippen molar-refractivity contribution in [3.05, 3.63) is 24.0 Å². The Morgan fingerprint density at radius 2 is 2.50 bits per heavy atom. The van der Waals surface area contributed by atoms with Crippen molar-refractivity contribution in [3.63, 3.8) is 0 Å². The number of ether oxygens (including phenoxy) is 1. The molecule has 1 fully saturated rings. The van der Waals surface area contributed by atoms with Gasteiger partial charge in [-0.2, -0.15) is 0 Å². The SMILES string of the molecule is CCCNc1ccncc1C(=O)N1CCOCC1CO. The first kappa shape index (κ1) is 14.7. The highest BCUT2D eigenvalue weighted by atomic mass is 16.5. The molecular weight excluding hydrogens is 258 g/mol. The minimum atomic E-state index is -0.282. The van der Waals surface area contributed by atoms with E-state index in [1.54, 1.807) is 23.4 Å². The molecule has 0 bridgehead atoms. The van der Waals surface area contributed by atoms with Crippen molar-refractivity contribution in [2.45, 2.75) is 19.4 Å². The van der Waals surface area contributed by atoms with Crippen LogP contribution in [0.25, 0.3) is 0 Å². The van der Waals surface area contributed by atoms with E-state index in [0.717, 1.165) is 18.7 Å². The Morgan fingerprint density at radius 3 is 3.25 bits per heavy atom. The molecule has 1 aliphatic heterocycles. The number of pyridine rings is 1. The van der Waals surface area contributed by atoms with Gasteiger partial charge in [0.15, 0.2) is 0 Å². The minimum Gasteiger partial charge on any atom is -0.394 e. The van der Waals surface area contributed by atoms with Gasteiger partial charge in [0.25, 0.3) is 5.91 Å². The molecule has 0 spiro atoms. The van der Waals surface area contributed by atoms with Gasteiger partial charge in [0, 0.05) is 25.5 Å². The van der Waals surface area contributed by atoms with E-state index >= 15 is 0 Å². The standard InChI is InChI=1S/C14H21N3O3/c1-2-4-16-13-3-5-15-8-12(13)14(19)17-6-7-20-10-11(17)9-18/h3,5,8,11,18H,2,4,6-7,9-10H2,1H3,(H,15,16). The van der Waals surface area contributed by atoms with Crippen LogP contribution in [0.15, 0.2) is 18.5 Å². The van der Waals surface area contributed by atoms with Crippen molar-refractivity contribution in [1.82, 2.24) is 9.88 Å². The second-order valence-corrected chi connectivity index (χ2v) is 4.76. The van der Waals surface area contributed by atoms with E-state index in [-0.39, 0.29) is 18.6 Å². The van der Waals surface area contributed by atoms with Gasteiger partial charge >= 0.3 is 0 Å². The van der Waals surface area contributed by atoms with Crippen LogP contribution in [0.4, 0.5) is 5.69 Å². The van der Waals surface area contributed by atoms with Crippen LogP contribution in [-0.2, 0) is 4.74 Å². The number of carbonyl (C=O) groups is 1. The van der Waals surface area contributed by atoms with Gasteiger partial charge < -0.3 is 20.1 Å². The van der Waals surface area contributed by atoms with Crippen LogP contribution in [0.5, 0.6) is 0 Å². The molecule has 1 aromatic rings. The Morgan fingerprint density at radius 1 is 1.65 bits per heavy atom. The summed E-state index contributed by atoms with van der Waals surface area (Å²) in [6, 6.07) is 1.52. The fraction of sp³-hybridized carbons (Fsp3) is 0.571. The average molecular weight is 279 g/mol. The molecule has 20 heavy (non-hydrogen) atoms. The van der Waals surface area contributed by atoms with Gasteiger partial charge in [0.1, 0.15) is 0 Å². The van der Waals surface area contributed by atoms with E-state index in [4.69, 9.17) is 4.74 Å². The third kappa shape index (κ3) is 3.26. The topological polar surface area (TPSA) is 74.7 Å². The lowest BCUT2D eigenvalue weighted by Gasteiger charge is -2.34. The van der Waals surface area contributed by atoms with Crippen LogP contribution in [0, 0.1) is 0 Å². The van der Waals surface area contributed by atoms with E-state index in [1.807, 2.05) is 0 Å². The van der Waals surface area contributed by atoms with Gasteiger partial charge in [-0.05, 0) is 12.5 Å². The van der Waals surface area contributed by atoms with Gasteiger partial charge in [-0.15, -0.1) is 0 Å². The zero-order valence-electron chi connectivity index (χ0n) is 11.7. The van der Waals surface area contributed by atoms with E-state index in [2.05, 4.69) is 17.2 Å². The van der Waals surface area contributed by atoms with Crippen molar-refractivity contribution < 1.29 is 14.6 Å². The number of amides is 1. The van der Waals surface area contributed by atoms with Gasteiger partial charge in [-0.1, -0.05) is 6.92 Å². The molecule has 0 radical (unpaired) electrons. The number of aromatic nitrogens is 1. The van der Waals surface area contributed by atoms with Crippen LogP contribution < -0.4 is 5.32 Å². The summed E-state index contributed by atoms with van der Waals surface area (Å²) in [4.78, 5) is 18.3. The molecular formula is C14H21N3O3. The molecule has 0 aliphatic carbocycles. The monoisotopic (exact) mass is 279 g/mol. The Kier molecular flexibility index (Phi) is 5.31. The molecule has 6 heteroatoms. The lowest BCUT2D eigenvalue weighted by atomic mass is 10.1. The van der Waals surface area contributed by atoms with Gasteiger partial charge in [0.2, 0.25) is 0 Å². The number of hydrogen-bond donors (Lipinski definition) is 2. The zero-order valence-corrected chi connectivity index (χ0v) is 11.7. The molecule has 2 rings (SSSR count). The van der Waals surface area contributed by atoms with E-state index in [0.29, 0.717) is 25.3 Å². The summed E-state index contributed by atoms with van der Waals surface area (Å²) in [7, 11) is 0. The average Bonchev–Trinajstić information content (AvgIpc) is 2.52. The Labute approximate surface area is 118 Å². The number of nitrogens with one attached hydrogen (secondary N) is 1. The Balaban J connectivity index is 2.19. The fourth-order valence-corrected chi connectivity index (χ4v) is 2.21. The number of carbonyl (C=O) groups excluding carboxylic acids is 1. The number of aliphatic hydroxyl groups excluding tert-OH is 1. The number of nitrogens with zero attached hydrogens (tertiary/aromatic N) is 2. The lowest BCUT2D eigenvalue weighted by molar-refractivity contribution is -0.0183. The molecule has 1 saturated heterocycles. The summed E-state index contributed by atoms with van der Waals surface area (Å²) < 4.78 is 5.30. The highest BCUT2D eigenvalue weighted by molar-refractivity contribution is 5.99. The number of hydrogen-bond acceptors (Lipinski definition) is 5. The highest BCUT2D eigenvalue weighted by Gasteiger charge is 2.28. The Hall–Kier alpha value is -1.66. The minimum absolute atomic E-state index is 0.0935. The van der Waals surface area contributed by atoms with Crippen molar-refractivity contribution in [2.75, 3.05) is 38.2 Å². The van der Waals surface area contributed by atoms with Gasteiger partial charge in [-0.25, -0.2) is 0 Å². The predicted octanol–water partition coefficient (Wildman–Crippen LogP) is 0.737. The summed E-state index contributed by atoms with van der Waals surface area (Å²) in [5, 5.41) is 12.6. The maximum atomic E-state index is 12.6. The normalized spacial score (nSPS) is 18.9. The second-order valence-electron chi connectivity index (χ2n) is 4.76. The van der Waals surface area contributed by atoms with Crippen molar-refractivity contribution in [1.29, 1.82) is 0 Å². The van der Waals surface area contributed by atoms with Crippen molar-refractivity contribution in [3.8, 4) is 0 Å². The predicted molar refractivity (Wildman–Crippen MR) is 75.7 cm³/mol. The number of aliphatic hydroxyl groups is 1. The maximum absolute atomic E-state index is 12.6. The molecule has 110 valence electrons. The van der Waals surface area contributed by atoms with E-state index in [9.17, 15) is 9.90 Å². The van der Waals surface area contributed by atoms with Crippen LogP contribution in [0.3, 0.4) is 0 Å². The van der Waals surface area contributed by atoms with Crippen molar-refractivity contribution in [2.24, 2.45) is 0 Å².